The van der Waals surface area contributed by atoms with E-state index in [-0.39, 0.29) is 28.0 Å². The molecule has 45 heavy (non-hydrogen) atoms. The fraction of sp³-hybridized carbons (Fsp3) is 0.367. The van der Waals surface area contributed by atoms with Gasteiger partial charge in [0.2, 0.25) is 11.9 Å². The van der Waals surface area contributed by atoms with Crippen molar-refractivity contribution in [2.75, 3.05) is 51.8 Å². The van der Waals surface area contributed by atoms with Crippen molar-refractivity contribution in [1.29, 1.82) is 0 Å². The number of carbonyl (C=O) groups excluding carboxylic acids is 1. The fourth-order valence-electron chi connectivity index (χ4n) is 4.92. The third kappa shape index (κ3) is 7.39. The number of hydrogen-bond donors (Lipinski definition) is 3. The zero-order valence-electron chi connectivity index (χ0n) is 25.1. The molecule has 1 amide bonds. The van der Waals surface area contributed by atoms with Gasteiger partial charge in [-0.05, 0) is 18.6 Å². The smallest absolute Gasteiger partial charge is 0.243 e. The van der Waals surface area contributed by atoms with Crippen molar-refractivity contribution in [2.45, 2.75) is 31.6 Å². The van der Waals surface area contributed by atoms with E-state index in [9.17, 15) is 4.79 Å². The van der Waals surface area contributed by atoms with Gasteiger partial charge in [-0.25, -0.2) is 15.0 Å². The van der Waals surface area contributed by atoms with Crippen LogP contribution in [0.3, 0.4) is 0 Å². The summed E-state index contributed by atoms with van der Waals surface area (Å²) in [7, 11) is 4.67. The molecule has 238 valence electrons. The summed E-state index contributed by atoms with van der Waals surface area (Å²) in [5.41, 5.74) is 2.38. The first-order valence-corrected chi connectivity index (χ1v) is 14.9. The highest BCUT2D eigenvalue weighted by Crippen LogP contribution is 2.46. The number of halogens is 2. The maximum atomic E-state index is 12.0. The molecule has 0 bridgehead atoms. The van der Waals surface area contributed by atoms with Crippen LogP contribution in [0.2, 0.25) is 10.0 Å². The Hall–Kier alpha value is -4.17. The Morgan fingerprint density at radius 2 is 1.91 bits per heavy atom. The van der Waals surface area contributed by atoms with Gasteiger partial charge in [0.15, 0.2) is 5.82 Å². The van der Waals surface area contributed by atoms with Crippen LogP contribution in [0, 0.1) is 0 Å². The zero-order chi connectivity index (χ0) is 31.9. The van der Waals surface area contributed by atoms with E-state index in [1.54, 1.807) is 31.6 Å². The highest BCUT2D eigenvalue weighted by molar-refractivity contribution is 6.41. The normalized spacial score (nSPS) is 16.3. The Morgan fingerprint density at radius 1 is 1.13 bits per heavy atom. The maximum Gasteiger partial charge on any atom is 0.243 e. The lowest BCUT2D eigenvalue weighted by Gasteiger charge is -2.32. The molecule has 4 heterocycles. The van der Waals surface area contributed by atoms with Crippen molar-refractivity contribution in [3.8, 4) is 22.8 Å². The van der Waals surface area contributed by atoms with Gasteiger partial charge in [-0.2, -0.15) is 5.10 Å². The van der Waals surface area contributed by atoms with Crippen LogP contribution in [0.15, 0.2) is 43.4 Å². The number of fused-ring (bicyclic) bond motifs is 1. The topological polar surface area (TPSA) is 147 Å². The summed E-state index contributed by atoms with van der Waals surface area (Å²) < 4.78 is 23.6. The summed E-state index contributed by atoms with van der Waals surface area (Å²) in [6.45, 7) is 6.02. The molecule has 3 N–H and O–H groups in total. The number of methoxy groups -OCH3 is 3. The number of carbonyl (C=O) groups is 1. The Balaban J connectivity index is 1.54. The molecule has 1 fully saturated rings. The van der Waals surface area contributed by atoms with Gasteiger partial charge in [0, 0.05) is 55.2 Å². The molecule has 1 aromatic carbocycles. The van der Waals surface area contributed by atoms with E-state index < -0.39 is 0 Å². The Labute approximate surface area is 270 Å². The van der Waals surface area contributed by atoms with Crippen molar-refractivity contribution >= 4 is 51.8 Å². The number of ether oxygens (including phenoxy) is 4. The molecule has 0 saturated carbocycles. The number of amides is 1. The first kappa shape index (κ1) is 32.2. The molecule has 1 saturated heterocycles. The number of pyridine rings is 1. The van der Waals surface area contributed by atoms with Crippen molar-refractivity contribution in [1.82, 2.24) is 30.0 Å². The van der Waals surface area contributed by atoms with Gasteiger partial charge in [-0.3, -0.25) is 9.48 Å². The minimum absolute atomic E-state index is 0.191. The van der Waals surface area contributed by atoms with Crippen molar-refractivity contribution in [3.05, 3.63) is 59.0 Å². The fourth-order valence-corrected chi connectivity index (χ4v) is 5.62. The average molecular weight is 658 g/mol. The number of anilines is 2. The number of nitrogens with zero attached hydrogens (tertiary/aromatic N) is 5. The molecule has 0 spiro atoms. The minimum Gasteiger partial charge on any atom is -0.495 e. The molecule has 3 aromatic heterocycles. The molecule has 0 radical (unpaired) electrons. The molecular weight excluding hydrogens is 623 g/mol. The van der Waals surface area contributed by atoms with E-state index in [0.717, 1.165) is 5.56 Å². The van der Waals surface area contributed by atoms with Crippen LogP contribution in [-0.2, 0) is 27.4 Å². The summed E-state index contributed by atoms with van der Waals surface area (Å²) in [5.74, 6) is 1.32. The lowest BCUT2D eigenvalue weighted by atomic mass is 10.0. The van der Waals surface area contributed by atoms with E-state index >= 15 is 0 Å². The van der Waals surface area contributed by atoms with Gasteiger partial charge in [0.25, 0.3) is 0 Å². The zero-order valence-corrected chi connectivity index (χ0v) is 26.6. The number of nitrogens with one attached hydrogen (secondary N) is 3. The maximum absolute atomic E-state index is 12.0. The van der Waals surface area contributed by atoms with E-state index in [1.165, 1.54) is 20.3 Å². The highest BCUT2D eigenvalue weighted by atomic mass is 35.5. The average Bonchev–Trinajstić information content (AvgIpc) is 3.51. The second-order valence-electron chi connectivity index (χ2n) is 10.2. The molecule has 1 aliphatic rings. The summed E-state index contributed by atoms with van der Waals surface area (Å²) in [6.07, 6.45) is 7.27. The molecule has 0 aliphatic carbocycles. The standard InChI is InChI=1S/C30H34Cl2N8O5/c1-5-24(41)36-19-6-8-45-16-21(19)38-30-34-14-18-10-20(25-26(31)22(43-3)11-23(44-4)27(25)32)37-29(28(18)39-30)33-12-17-13-35-40(15-17)7-9-42-2/h5,10-11,13-15,19,21H,1,6-9,12,16H2,2-4H3,(H,33,37)(H,36,41)(H,34,38,39)/t19-,21+/m0/s1. The largest absolute Gasteiger partial charge is 0.495 e. The molecule has 4 aromatic rings. The monoisotopic (exact) mass is 656 g/mol. The van der Waals surface area contributed by atoms with Crippen molar-refractivity contribution in [3.63, 3.8) is 0 Å². The quantitative estimate of drug-likeness (QED) is 0.177. The summed E-state index contributed by atoms with van der Waals surface area (Å²) in [6, 6.07) is 2.97. The van der Waals surface area contributed by atoms with Crippen molar-refractivity contribution < 1.29 is 23.7 Å². The minimum atomic E-state index is -0.261. The third-order valence-electron chi connectivity index (χ3n) is 7.25. The SMILES string of the molecule is C=CC(=O)N[C@H]1CCOC[C@H]1Nc1ncc2cc(-c3c(Cl)c(OC)cc(OC)c3Cl)nc(NCc3cnn(CCOC)c3)c2n1. The van der Waals surface area contributed by atoms with Gasteiger partial charge >= 0.3 is 0 Å². The third-order valence-corrected chi connectivity index (χ3v) is 8.00. The van der Waals surface area contributed by atoms with E-state index in [1.807, 2.05) is 10.9 Å². The first-order chi connectivity index (χ1) is 21.8. The predicted octanol–water partition coefficient (Wildman–Crippen LogP) is 4.34. The second kappa shape index (κ2) is 14.7. The van der Waals surface area contributed by atoms with Crippen molar-refractivity contribution in [2.24, 2.45) is 0 Å². The Bertz CT molecular complexity index is 1660. The number of aromatic nitrogens is 5. The van der Waals surface area contributed by atoms with Crippen LogP contribution in [-0.4, -0.2) is 83.9 Å². The van der Waals surface area contributed by atoms with Crippen LogP contribution >= 0.6 is 23.2 Å². The lowest BCUT2D eigenvalue weighted by Crippen LogP contribution is -2.52. The van der Waals surface area contributed by atoms with Gasteiger partial charge in [-0.15, -0.1) is 0 Å². The second-order valence-corrected chi connectivity index (χ2v) is 10.9. The predicted molar refractivity (Wildman–Crippen MR) is 172 cm³/mol. The molecule has 1 aliphatic heterocycles. The molecule has 5 rings (SSSR count). The van der Waals surface area contributed by atoms with Crippen LogP contribution < -0.4 is 25.4 Å². The van der Waals surface area contributed by atoms with Gasteiger partial charge in [-0.1, -0.05) is 29.8 Å². The van der Waals surface area contributed by atoms with Crippen LogP contribution in [0.25, 0.3) is 22.2 Å². The molecule has 0 unspecified atom stereocenters. The van der Waals surface area contributed by atoms with E-state index in [2.05, 4.69) is 32.6 Å². The molecule has 13 nitrogen and oxygen atoms in total. The Kier molecular flexibility index (Phi) is 10.6. The number of hydrogen-bond acceptors (Lipinski definition) is 11. The summed E-state index contributed by atoms with van der Waals surface area (Å²) in [5, 5.41) is 15.3. The van der Waals surface area contributed by atoms with Crippen LogP contribution in [0.5, 0.6) is 11.5 Å². The van der Waals surface area contributed by atoms with Crippen LogP contribution in [0.4, 0.5) is 11.8 Å². The van der Waals surface area contributed by atoms with Gasteiger partial charge < -0.3 is 34.9 Å². The first-order valence-electron chi connectivity index (χ1n) is 14.1. The van der Waals surface area contributed by atoms with Gasteiger partial charge in [0.1, 0.15) is 17.0 Å². The summed E-state index contributed by atoms with van der Waals surface area (Å²) >= 11 is 13.5. The van der Waals surface area contributed by atoms with E-state index in [0.29, 0.717) is 84.8 Å². The van der Waals surface area contributed by atoms with E-state index in [4.69, 9.17) is 52.1 Å². The molecule has 2 atom stereocenters. The van der Waals surface area contributed by atoms with Gasteiger partial charge in [0.05, 0.1) is 68.0 Å². The highest BCUT2D eigenvalue weighted by Gasteiger charge is 2.28. The number of benzene rings is 1. The lowest BCUT2D eigenvalue weighted by molar-refractivity contribution is -0.117. The summed E-state index contributed by atoms with van der Waals surface area (Å²) in [4.78, 5) is 26.3. The number of rotatable bonds is 13. The van der Waals surface area contributed by atoms with Crippen LogP contribution in [0.1, 0.15) is 12.0 Å². The molecular formula is C30H34Cl2N8O5. The Morgan fingerprint density at radius 3 is 2.62 bits per heavy atom. The molecule has 15 heteroatoms.